The van der Waals surface area contributed by atoms with Gasteiger partial charge in [-0.3, -0.25) is 0 Å². The van der Waals surface area contributed by atoms with Crippen molar-refractivity contribution in [3.63, 3.8) is 0 Å². The molecule has 0 aromatic carbocycles. The van der Waals surface area contributed by atoms with E-state index in [1.54, 1.807) is 18.0 Å². The first-order chi connectivity index (χ1) is 8.31. The van der Waals surface area contributed by atoms with Crippen LogP contribution in [0, 0.1) is 0 Å². The minimum absolute atomic E-state index is 0.844. The molecule has 0 aliphatic heterocycles. The van der Waals surface area contributed by atoms with E-state index in [4.69, 9.17) is 0 Å². The van der Waals surface area contributed by atoms with Crippen LogP contribution in [0.3, 0.4) is 0 Å². The first-order valence-corrected chi connectivity index (χ1v) is 6.42. The monoisotopic (exact) mass is 248 g/mol. The number of aryl methyl sites for hydroxylation is 1. The first-order valence-electron chi connectivity index (χ1n) is 5.61. The molecule has 2 heterocycles. The highest BCUT2D eigenvalue weighted by Gasteiger charge is 2.08. The van der Waals surface area contributed by atoms with Gasteiger partial charge in [0, 0.05) is 32.2 Å². The highest BCUT2D eigenvalue weighted by molar-refractivity contribution is 7.99. The van der Waals surface area contributed by atoms with E-state index < -0.39 is 0 Å². The van der Waals surface area contributed by atoms with Crippen molar-refractivity contribution in [1.29, 1.82) is 0 Å². The average molecular weight is 248 g/mol. The van der Waals surface area contributed by atoms with Crippen LogP contribution in [0.25, 0.3) is 0 Å². The van der Waals surface area contributed by atoms with E-state index >= 15 is 0 Å². The van der Waals surface area contributed by atoms with Crippen LogP contribution in [0.5, 0.6) is 0 Å². The van der Waals surface area contributed by atoms with Crippen molar-refractivity contribution in [3.05, 3.63) is 36.3 Å². The molecule has 0 radical (unpaired) electrons. The maximum atomic E-state index is 4.42. The molecule has 2 aromatic heterocycles. The van der Waals surface area contributed by atoms with Crippen LogP contribution in [0.4, 0.5) is 0 Å². The average Bonchev–Trinajstić information content (AvgIpc) is 2.74. The van der Waals surface area contributed by atoms with E-state index in [1.807, 2.05) is 30.1 Å². The summed E-state index contributed by atoms with van der Waals surface area (Å²) in [5.74, 6) is 0. The maximum absolute atomic E-state index is 4.42. The lowest BCUT2D eigenvalue weighted by atomic mass is 10.3. The summed E-state index contributed by atoms with van der Waals surface area (Å²) in [4.78, 5) is 8.72. The predicted molar refractivity (Wildman–Crippen MR) is 68.9 cm³/mol. The zero-order valence-corrected chi connectivity index (χ0v) is 10.9. The number of hydrogen-bond acceptors (Lipinski definition) is 4. The number of pyridine rings is 1. The summed E-state index contributed by atoms with van der Waals surface area (Å²) in [5.41, 5.74) is 1.21. The number of aromatic nitrogens is 3. The first kappa shape index (κ1) is 12.1. The van der Waals surface area contributed by atoms with Crippen molar-refractivity contribution in [1.82, 2.24) is 19.9 Å². The number of hydrogen-bond donors (Lipinski definition) is 1. The molecule has 0 saturated carbocycles. The molecule has 0 bridgehead atoms. The fourth-order valence-corrected chi connectivity index (χ4v) is 2.32. The Labute approximate surface area is 105 Å². The largest absolute Gasteiger partial charge is 0.329 e. The lowest BCUT2D eigenvalue weighted by Crippen LogP contribution is -2.12. The van der Waals surface area contributed by atoms with E-state index in [1.165, 1.54) is 5.56 Å². The van der Waals surface area contributed by atoms with Gasteiger partial charge in [0.15, 0.2) is 5.16 Å². The molecule has 2 rings (SSSR count). The summed E-state index contributed by atoms with van der Waals surface area (Å²) < 4.78 is 2.00. The molecule has 5 heteroatoms. The molecule has 0 amide bonds. The molecule has 0 atom stereocenters. The van der Waals surface area contributed by atoms with Crippen molar-refractivity contribution < 1.29 is 0 Å². The number of nitrogens with one attached hydrogen (secondary N) is 1. The second-order valence-corrected chi connectivity index (χ2v) is 4.63. The molecule has 0 aliphatic carbocycles. The van der Waals surface area contributed by atoms with Crippen molar-refractivity contribution in [2.24, 2.45) is 7.05 Å². The Hall–Kier alpha value is -1.33. The van der Waals surface area contributed by atoms with Gasteiger partial charge in [-0.05, 0) is 29.9 Å². The molecule has 0 spiro atoms. The maximum Gasteiger partial charge on any atom is 0.174 e. The summed E-state index contributed by atoms with van der Waals surface area (Å²) >= 11 is 1.60. The normalized spacial score (nSPS) is 10.7. The number of nitrogens with zero attached hydrogens (tertiary/aromatic N) is 3. The fourth-order valence-electron chi connectivity index (χ4n) is 1.45. The van der Waals surface area contributed by atoms with Crippen LogP contribution in [-0.4, -0.2) is 21.1 Å². The van der Waals surface area contributed by atoms with Gasteiger partial charge in [-0.2, -0.15) is 0 Å². The Balaban J connectivity index is 2.17. The molecule has 1 N–H and O–H groups in total. The smallest absolute Gasteiger partial charge is 0.174 e. The van der Waals surface area contributed by atoms with E-state index in [0.717, 1.165) is 23.3 Å². The molecule has 0 aliphatic rings. The third-order valence-electron chi connectivity index (χ3n) is 2.38. The summed E-state index contributed by atoms with van der Waals surface area (Å²) in [6.45, 7) is 3.90. The van der Waals surface area contributed by atoms with Gasteiger partial charge in [0.1, 0.15) is 5.03 Å². The summed E-state index contributed by atoms with van der Waals surface area (Å²) in [7, 11) is 1.99. The third kappa shape index (κ3) is 3.08. The van der Waals surface area contributed by atoms with Gasteiger partial charge in [0.2, 0.25) is 0 Å². The molecule has 0 unspecified atom stereocenters. The molecule has 0 fully saturated rings. The molecule has 2 aromatic rings. The second kappa shape index (κ2) is 5.84. The van der Waals surface area contributed by atoms with Gasteiger partial charge in [-0.25, -0.2) is 9.97 Å². The molecular formula is C12H16N4S. The predicted octanol–water partition coefficient (Wildman–Crippen LogP) is 2.08. The standard InChI is InChI=1S/C12H16N4S/c1-3-13-9-10-5-4-6-14-11(10)17-12-15-7-8-16(12)2/h4-8,13H,3,9H2,1-2H3. The fraction of sp³-hybridized carbons (Fsp3) is 0.333. The minimum Gasteiger partial charge on any atom is -0.329 e. The summed E-state index contributed by atoms with van der Waals surface area (Å²) in [6, 6.07) is 4.07. The van der Waals surface area contributed by atoms with Crippen LogP contribution in [0.1, 0.15) is 12.5 Å². The quantitative estimate of drug-likeness (QED) is 0.879. The summed E-state index contributed by atoms with van der Waals surface area (Å²) in [6.07, 6.45) is 5.56. The molecule has 0 saturated heterocycles. The molecular weight excluding hydrogens is 232 g/mol. The topological polar surface area (TPSA) is 42.7 Å². The Morgan fingerprint density at radius 2 is 2.24 bits per heavy atom. The molecule has 17 heavy (non-hydrogen) atoms. The second-order valence-electron chi connectivity index (χ2n) is 3.67. The van der Waals surface area contributed by atoms with Crippen LogP contribution < -0.4 is 5.32 Å². The highest BCUT2D eigenvalue weighted by atomic mass is 32.2. The van der Waals surface area contributed by atoms with Crippen LogP contribution in [-0.2, 0) is 13.6 Å². The van der Waals surface area contributed by atoms with Gasteiger partial charge >= 0.3 is 0 Å². The summed E-state index contributed by atoms with van der Waals surface area (Å²) in [5, 5.41) is 5.29. The van der Waals surface area contributed by atoms with E-state index in [9.17, 15) is 0 Å². The van der Waals surface area contributed by atoms with Crippen molar-refractivity contribution in [2.45, 2.75) is 23.7 Å². The highest BCUT2D eigenvalue weighted by Crippen LogP contribution is 2.26. The zero-order valence-electron chi connectivity index (χ0n) is 10.1. The van der Waals surface area contributed by atoms with Crippen molar-refractivity contribution in [2.75, 3.05) is 6.54 Å². The van der Waals surface area contributed by atoms with E-state index in [-0.39, 0.29) is 0 Å². The van der Waals surface area contributed by atoms with Crippen LogP contribution in [0.15, 0.2) is 40.9 Å². The number of rotatable bonds is 5. The van der Waals surface area contributed by atoms with E-state index in [2.05, 4.69) is 28.3 Å². The van der Waals surface area contributed by atoms with Crippen molar-refractivity contribution >= 4 is 11.8 Å². The Morgan fingerprint density at radius 1 is 1.35 bits per heavy atom. The Morgan fingerprint density at radius 3 is 2.94 bits per heavy atom. The minimum atomic E-state index is 0.844. The van der Waals surface area contributed by atoms with Gasteiger partial charge in [-0.15, -0.1) is 0 Å². The lowest BCUT2D eigenvalue weighted by molar-refractivity contribution is 0.710. The molecule has 4 nitrogen and oxygen atoms in total. The van der Waals surface area contributed by atoms with Crippen molar-refractivity contribution in [3.8, 4) is 0 Å². The van der Waals surface area contributed by atoms with E-state index in [0.29, 0.717) is 0 Å². The Bertz CT molecular complexity index is 481. The lowest BCUT2D eigenvalue weighted by Gasteiger charge is -2.07. The number of imidazole rings is 1. The molecule has 90 valence electrons. The third-order valence-corrected chi connectivity index (χ3v) is 3.52. The van der Waals surface area contributed by atoms with Gasteiger partial charge in [-0.1, -0.05) is 13.0 Å². The van der Waals surface area contributed by atoms with Crippen LogP contribution >= 0.6 is 11.8 Å². The van der Waals surface area contributed by atoms with Gasteiger partial charge in [0.25, 0.3) is 0 Å². The zero-order chi connectivity index (χ0) is 12.1. The van der Waals surface area contributed by atoms with Gasteiger partial charge in [0.05, 0.1) is 0 Å². The van der Waals surface area contributed by atoms with Gasteiger partial charge < -0.3 is 9.88 Å². The van der Waals surface area contributed by atoms with Crippen LogP contribution in [0.2, 0.25) is 0 Å². The Kier molecular flexibility index (Phi) is 4.17. The SMILES string of the molecule is CCNCc1cccnc1Sc1nccn1C.